The van der Waals surface area contributed by atoms with Crippen LogP contribution in [0.25, 0.3) is 0 Å². The highest BCUT2D eigenvalue weighted by Crippen LogP contribution is 2.10. The lowest BCUT2D eigenvalue weighted by Gasteiger charge is -2.10. The van der Waals surface area contributed by atoms with Crippen LogP contribution >= 0.6 is 0 Å². The van der Waals surface area contributed by atoms with E-state index in [2.05, 4.69) is 20.5 Å². The quantitative estimate of drug-likeness (QED) is 0.738. The largest absolute Gasteiger partial charge is 0.387 e. The van der Waals surface area contributed by atoms with Gasteiger partial charge >= 0.3 is 0 Å². The summed E-state index contributed by atoms with van der Waals surface area (Å²) in [5.74, 6) is 0.411. The number of benzene rings is 1. The Morgan fingerprint density at radius 1 is 1.40 bits per heavy atom. The molecule has 0 aliphatic heterocycles. The van der Waals surface area contributed by atoms with Crippen LogP contribution in [0.1, 0.15) is 41.5 Å². The summed E-state index contributed by atoms with van der Waals surface area (Å²) in [5, 5.41) is 19.1. The molecule has 1 aromatic heterocycles. The van der Waals surface area contributed by atoms with Crippen molar-refractivity contribution in [1.82, 2.24) is 20.5 Å². The number of aliphatic hydroxyl groups is 1. The molecule has 6 nitrogen and oxygen atoms in total. The van der Waals surface area contributed by atoms with Gasteiger partial charge < -0.3 is 10.4 Å². The minimum Gasteiger partial charge on any atom is -0.387 e. The molecule has 1 amide bonds. The number of carbonyl (C=O) groups is 1. The van der Waals surface area contributed by atoms with Gasteiger partial charge in [0.2, 0.25) is 5.82 Å². The van der Waals surface area contributed by atoms with Gasteiger partial charge in [0.25, 0.3) is 5.91 Å². The van der Waals surface area contributed by atoms with Crippen LogP contribution in [0.2, 0.25) is 0 Å². The SMILES string of the molecule is CCCc1nc(C(=O)NCC(O)c2ccccc2)n[nH]1. The van der Waals surface area contributed by atoms with Crippen molar-refractivity contribution in [3.8, 4) is 0 Å². The standard InChI is InChI=1S/C14H18N4O2/c1-2-6-12-16-13(18-17-12)14(20)15-9-11(19)10-7-4-3-5-8-10/h3-5,7-8,11,19H,2,6,9H2,1H3,(H,15,20)(H,16,17,18). The number of carbonyl (C=O) groups excluding carboxylic acids is 1. The van der Waals surface area contributed by atoms with Gasteiger partial charge in [0.15, 0.2) is 0 Å². The zero-order valence-electron chi connectivity index (χ0n) is 11.3. The Hall–Kier alpha value is -2.21. The number of nitrogens with one attached hydrogen (secondary N) is 2. The Labute approximate surface area is 117 Å². The molecule has 1 heterocycles. The number of H-pyrrole nitrogens is 1. The molecular weight excluding hydrogens is 256 g/mol. The second-order valence-electron chi connectivity index (χ2n) is 4.49. The van der Waals surface area contributed by atoms with Crippen molar-refractivity contribution < 1.29 is 9.90 Å². The first-order chi connectivity index (χ1) is 9.70. The average molecular weight is 274 g/mol. The van der Waals surface area contributed by atoms with Crippen LogP contribution < -0.4 is 5.32 Å². The molecular formula is C14H18N4O2. The van der Waals surface area contributed by atoms with Crippen LogP contribution in [0, 0.1) is 0 Å². The molecule has 0 bridgehead atoms. The molecule has 0 saturated carbocycles. The van der Waals surface area contributed by atoms with Gasteiger partial charge in [0, 0.05) is 13.0 Å². The summed E-state index contributed by atoms with van der Waals surface area (Å²) in [6.07, 6.45) is 0.949. The van der Waals surface area contributed by atoms with Gasteiger partial charge in [-0.25, -0.2) is 4.98 Å². The van der Waals surface area contributed by atoms with E-state index in [1.165, 1.54) is 0 Å². The van der Waals surface area contributed by atoms with Gasteiger partial charge in [0.1, 0.15) is 5.82 Å². The second-order valence-corrected chi connectivity index (χ2v) is 4.49. The maximum Gasteiger partial charge on any atom is 0.291 e. The number of hydrogen-bond donors (Lipinski definition) is 3. The predicted molar refractivity (Wildman–Crippen MR) is 74.1 cm³/mol. The third kappa shape index (κ3) is 3.64. The molecule has 0 radical (unpaired) electrons. The van der Waals surface area contributed by atoms with E-state index in [1.54, 1.807) is 0 Å². The number of aliphatic hydroxyl groups excluding tert-OH is 1. The molecule has 2 aromatic rings. The molecule has 0 fully saturated rings. The fourth-order valence-corrected chi connectivity index (χ4v) is 1.81. The second kappa shape index (κ2) is 6.81. The van der Waals surface area contributed by atoms with Crippen molar-refractivity contribution in [3.05, 3.63) is 47.5 Å². The summed E-state index contributed by atoms with van der Waals surface area (Å²) >= 11 is 0. The predicted octanol–water partition coefficient (Wildman–Crippen LogP) is 1.22. The van der Waals surface area contributed by atoms with Gasteiger partial charge in [-0.3, -0.25) is 9.89 Å². The number of nitrogens with zero attached hydrogens (tertiary/aromatic N) is 2. The van der Waals surface area contributed by atoms with E-state index in [1.807, 2.05) is 37.3 Å². The summed E-state index contributed by atoms with van der Waals surface area (Å²) in [6, 6.07) is 9.17. The van der Waals surface area contributed by atoms with E-state index in [4.69, 9.17) is 0 Å². The van der Waals surface area contributed by atoms with E-state index < -0.39 is 12.0 Å². The minimum atomic E-state index is -0.741. The zero-order chi connectivity index (χ0) is 14.4. The maximum atomic E-state index is 11.8. The molecule has 1 aromatic carbocycles. The van der Waals surface area contributed by atoms with Crippen molar-refractivity contribution in [1.29, 1.82) is 0 Å². The lowest BCUT2D eigenvalue weighted by atomic mass is 10.1. The van der Waals surface area contributed by atoms with E-state index in [0.29, 0.717) is 5.82 Å². The van der Waals surface area contributed by atoms with Crippen LogP contribution in [0.5, 0.6) is 0 Å². The minimum absolute atomic E-state index is 0.105. The zero-order valence-corrected chi connectivity index (χ0v) is 11.3. The fraction of sp³-hybridized carbons (Fsp3) is 0.357. The first kappa shape index (κ1) is 14.2. The van der Waals surface area contributed by atoms with Gasteiger partial charge in [-0.15, -0.1) is 5.10 Å². The first-order valence-electron chi connectivity index (χ1n) is 6.63. The number of aromatic nitrogens is 3. The van der Waals surface area contributed by atoms with Crippen LogP contribution in [-0.4, -0.2) is 32.7 Å². The molecule has 0 saturated heterocycles. The number of aryl methyl sites for hydroxylation is 1. The fourth-order valence-electron chi connectivity index (χ4n) is 1.81. The van der Waals surface area contributed by atoms with E-state index >= 15 is 0 Å². The molecule has 0 aliphatic carbocycles. The van der Waals surface area contributed by atoms with Crippen LogP contribution in [0.4, 0.5) is 0 Å². The molecule has 0 spiro atoms. The number of aromatic amines is 1. The highest BCUT2D eigenvalue weighted by atomic mass is 16.3. The van der Waals surface area contributed by atoms with E-state index in [9.17, 15) is 9.90 Å². The summed E-state index contributed by atoms with van der Waals surface area (Å²) in [6.45, 7) is 2.15. The number of rotatable bonds is 6. The summed E-state index contributed by atoms with van der Waals surface area (Å²) in [4.78, 5) is 15.9. The first-order valence-corrected chi connectivity index (χ1v) is 6.63. The van der Waals surface area contributed by atoms with Crippen molar-refractivity contribution in [2.45, 2.75) is 25.9 Å². The van der Waals surface area contributed by atoms with Crippen LogP contribution in [0.3, 0.4) is 0 Å². The molecule has 106 valence electrons. The van der Waals surface area contributed by atoms with Gasteiger partial charge in [0.05, 0.1) is 6.10 Å². The third-order valence-corrected chi connectivity index (χ3v) is 2.86. The van der Waals surface area contributed by atoms with Crippen molar-refractivity contribution >= 4 is 5.91 Å². The highest BCUT2D eigenvalue weighted by molar-refractivity contribution is 5.90. The Balaban J connectivity index is 1.88. The molecule has 3 N–H and O–H groups in total. The van der Waals surface area contributed by atoms with Crippen molar-refractivity contribution in [2.24, 2.45) is 0 Å². The third-order valence-electron chi connectivity index (χ3n) is 2.86. The van der Waals surface area contributed by atoms with Crippen LogP contribution in [0.15, 0.2) is 30.3 Å². The Morgan fingerprint density at radius 3 is 2.85 bits per heavy atom. The Morgan fingerprint density at radius 2 is 2.15 bits per heavy atom. The van der Waals surface area contributed by atoms with Crippen molar-refractivity contribution in [2.75, 3.05) is 6.54 Å². The molecule has 6 heteroatoms. The summed E-state index contributed by atoms with van der Waals surface area (Å²) in [5.41, 5.74) is 0.759. The molecule has 1 atom stereocenters. The van der Waals surface area contributed by atoms with Gasteiger partial charge in [-0.05, 0) is 12.0 Å². The Bertz CT molecular complexity index is 553. The van der Waals surface area contributed by atoms with Gasteiger partial charge in [-0.2, -0.15) is 0 Å². The maximum absolute atomic E-state index is 11.8. The molecule has 20 heavy (non-hydrogen) atoms. The smallest absolute Gasteiger partial charge is 0.291 e. The van der Waals surface area contributed by atoms with Gasteiger partial charge in [-0.1, -0.05) is 37.3 Å². The summed E-state index contributed by atoms with van der Waals surface area (Å²) in [7, 11) is 0. The molecule has 1 unspecified atom stereocenters. The Kier molecular flexibility index (Phi) is 4.84. The summed E-state index contributed by atoms with van der Waals surface area (Å²) < 4.78 is 0. The lowest BCUT2D eigenvalue weighted by molar-refractivity contribution is 0.0906. The van der Waals surface area contributed by atoms with Crippen molar-refractivity contribution in [3.63, 3.8) is 0 Å². The normalized spacial score (nSPS) is 12.1. The lowest BCUT2D eigenvalue weighted by Crippen LogP contribution is -2.29. The highest BCUT2D eigenvalue weighted by Gasteiger charge is 2.14. The monoisotopic (exact) mass is 274 g/mol. The molecule has 0 aliphatic rings. The average Bonchev–Trinajstić information content (AvgIpc) is 2.94. The van der Waals surface area contributed by atoms with E-state index in [0.717, 1.165) is 18.4 Å². The molecule has 2 rings (SSSR count). The number of amides is 1. The topological polar surface area (TPSA) is 90.9 Å². The number of hydrogen-bond acceptors (Lipinski definition) is 4. The van der Waals surface area contributed by atoms with E-state index in [-0.39, 0.29) is 12.4 Å². The van der Waals surface area contributed by atoms with Crippen LogP contribution in [-0.2, 0) is 6.42 Å².